The second kappa shape index (κ2) is 4.12. The van der Waals surface area contributed by atoms with E-state index >= 15 is 0 Å². The number of carboxylic acids is 1. The lowest BCUT2D eigenvalue weighted by Crippen LogP contribution is -2.13. The Bertz CT molecular complexity index is 554. The summed E-state index contributed by atoms with van der Waals surface area (Å²) in [6.45, 7) is 1.58. The summed E-state index contributed by atoms with van der Waals surface area (Å²) in [5, 5.41) is 8.93. The number of fused-ring (bicyclic) bond motifs is 1. The molecule has 1 aliphatic heterocycles. The predicted octanol–water partition coefficient (Wildman–Crippen LogP) is 1.97. The minimum Gasteiger partial charge on any atom is -0.477 e. The molecule has 1 saturated heterocycles. The molecule has 3 rings (SSSR count). The predicted molar refractivity (Wildman–Crippen MR) is 63.5 cm³/mol. The molecule has 2 aromatic heterocycles. The van der Waals surface area contributed by atoms with E-state index in [1.807, 2.05) is 4.57 Å². The molecule has 0 aromatic carbocycles. The molecule has 2 aromatic rings. The van der Waals surface area contributed by atoms with Gasteiger partial charge in [0.1, 0.15) is 9.71 Å². The Labute approximate surface area is 102 Å². The maximum absolute atomic E-state index is 10.9. The highest BCUT2D eigenvalue weighted by Crippen LogP contribution is 2.25. The standard InChI is InChI=1S/C11H12N2O3S/c14-11(15)9-4-8-10(17-9)12-6-13(8)5-7-2-1-3-16-7/h4,6-7H,1-3,5H2,(H,14,15). The molecule has 90 valence electrons. The van der Waals surface area contributed by atoms with Crippen LogP contribution in [0.4, 0.5) is 0 Å². The van der Waals surface area contributed by atoms with E-state index in [1.165, 1.54) is 11.3 Å². The molecule has 5 nitrogen and oxygen atoms in total. The minimum atomic E-state index is -0.892. The minimum absolute atomic E-state index is 0.237. The molecule has 17 heavy (non-hydrogen) atoms. The van der Waals surface area contributed by atoms with Crippen LogP contribution in [0.1, 0.15) is 22.5 Å². The molecular weight excluding hydrogens is 240 g/mol. The van der Waals surface area contributed by atoms with Crippen molar-refractivity contribution in [3.05, 3.63) is 17.3 Å². The molecule has 0 aliphatic carbocycles. The number of rotatable bonds is 3. The van der Waals surface area contributed by atoms with Gasteiger partial charge in [-0.25, -0.2) is 9.78 Å². The molecule has 1 fully saturated rings. The SMILES string of the molecule is O=C(O)c1cc2c(ncn2CC2CCCO2)s1. The van der Waals surface area contributed by atoms with Gasteiger partial charge >= 0.3 is 5.97 Å². The Balaban J connectivity index is 1.90. The van der Waals surface area contributed by atoms with Gasteiger partial charge < -0.3 is 14.4 Å². The maximum atomic E-state index is 10.9. The van der Waals surface area contributed by atoms with E-state index < -0.39 is 5.97 Å². The zero-order chi connectivity index (χ0) is 11.8. The zero-order valence-electron chi connectivity index (χ0n) is 9.13. The fourth-order valence-electron chi connectivity index (χ4n) is 2.11. The first-order chi connectivity index (χ1) is 8.24. The molecule has 1 atom stereocenters. The van der Waals surface area contributed by atoms with Crippen LogP contribution >= 0.6 is 11.3 Å². The smallest absolute Gasteiger partial charge is 0.346 e. The lowest BCUT2D eigenvalue weighted by atomic mass is 10.2. The van der Waals surface area contributed by atoms with Crippen molar-refractivity contribution in [2.45, 2.75) is 25.5 Å². The van der Waals surface area contributed by atoms with Gasteiger partial charge in [-0.1, -0.05) is 0 Å². The molecule has 6 heteroatoms. The number of nitrogens with zero attached hydrogens (tertiary/aromatic N) is 2. The maximum Gasteiger partial charge on any atom is 0.346 e. The quantitative estimate of drug-likeness (QED) is 0.907. The van der Waals surface area contributed by atoms with Crippen LogP contribution in [0.25, 0.3) is 10.3 Å². The summed E-state index contributed by atoms with van der Waals surface area (Å²) in [6.07, 6.45) is 4.16. The molecule has 0 amide bonds. The van der Waals surface area contributed by atoms with E-state index in [1.54, 1.807) is 12.4 Å². The summed E-state index contributed by atoms with van der Waals surface area (Å²) in [5.41, 5.74) is 0.892. The Morgan fingerprint density at radius 1 is 1.71 bits per heavy atom. The first-order valence-electron chi connectivity index (χ1n) is 5.53. The summed E-state index contributed by atoms with van der Waals surface area (Å²) >= 11 is 1.21. The fraction of sp³-hybridized carbons (Fsp3) is 0.455. The number of hydrogen-bond donors (Lipinski definition) is 1. The Kier molecular flexibility index (Phi) is 2.60. The first-order valence-corrected chi connectivity index (χ1v) is 6.35. The van der Waals surface area contributed by atoms with Crippen molar-refractivity contribution >= 4 is 27.7 Å². The first kappa shape index (κ1) is 10.7. The van der Waals surface area contributed by atoms with Gasteiger partial charge in [-0.3, -0.25) is 0 Å². The fourth-order valence-corrected chi connectivity index (χ4v) is 2.96. The van der Waals surface area contributed by atoms with Gasteiger partial charge in [0.25, 0.3) is 0 Å². The third-order valence-electron chi connectivity index (χ3n) is 2.95. The average molecular weight is 252 g/mol. The number of carbonyl (C=O) groups is 1. The number of aromatic nitrogens is 2. The van der Waals surface area contributed by atoms with Crippen molar-refractivity contribution in [2.24, 2.45) is 0 Å². The number of imidazole rings is 1. The second-order valence-electron chi connectivity index (χ2n) is 4.14. The Morgan fingerprint density at radius 2 is 2.59 bits per heavy atom. The third kappa shape index (κ3) is 1.94. The lowest BCUT2D eigenvalue weighted by Gasteiger charge is -2.09. The van der Waals surface area contributed by atoms with Gasteiger partial charge in [-0.05, 0) is 18.9 Å². The zero-order valence-corrected chi connectivity index (χ0v) is 9.94. The lowest BCUT2D eigenvalue weighted by molar-refractivity contribution is 0.0702. The number of hydrogen-bond acceptors (Lipinski definition) is 4. The second-order valence-corrected chi connectivity index (χ2v) is 5.17. The Morgan fingerprint density at radius 3 is 3.29 bits per heavy atom. The van der Waals surface area contributed by atoms with Gasteiger partial charge in [0.05, 0.1) is 24.5 Å². The molecular formula is C11H12N2O3S. The summed E-state index contributed by atoms with van der Waals surface area (Å²) in [5.74, 6) is -0.892. The molecule has 0 saturated carbocycles. The normalized spacial score (nSPS) is 20.1. The van der Waals surface area contributed by atoms with E-state index in [0.717, 1.165) is 36.3 Å². The van der Waals surface area contributed by atoms with E-state index in [0.29, 0.717) is 4.88 Å². The molecule has 1 N–H and O–H groups in total. The summed E-state index contributed by atoms with van der Waals surface area (Å²) < 4.78 is 7.55. The molecule has 0 radical (unpaired) electrons. The van der Waals surface area contributed by atoms with Crippen LogP contribution in [0.3, 0.4) is 0 Å². The molecule has 0 bridgehead atoms. The van der Waals surface area contributed by atoms with E-state index in [-0.39, 0.29) is 6.10 Å². The Hall–Kier alpha value is -1.40. The monoisotopic (exact) mass is 252 g/mol. The van der Waals surface area contributed by atoms with Crippen molar-refractivity contribution in [1.29, 1.82) is 0 Å². The van der Waals surface area contributed by atoms with Gasteiger partial charge in [0, 0.05) is 6.61 Å². The van der Waals surface area contributed by atoms with Crippen LogP contribution in [0, 0.1) is 0 Å². The summed E-state index contributed by atoms with van der Waals surface area (Å²) in [4.78, 5) is 16.2. The highest BCUT2D eigenvalue weighted by atomic mass is 32.1. The number of aromatic carboxylic acids is 1. The van der Waals surface area contributed by atoms with Crippen LogP contribution in [0.15, 0.2) is 12.4 Å². The molecule has 1 aliphatic rings. The summed E-state index contributed by atoms with van der Waals surface area (Å²) in [6, 6.07) is 1.68. The van der Waals surface area contributed by atoms with Crippen LogP contribution in [0.2, 0.25) is 0 Å². The van der Waals surface area contributed by atoms with Crippen molar-refractivity contribution < 1.29 is 14.6 Å². The summed E-state index contributed by atoms with van der Waals surface area (Å²) in [7, 11) is 0. The van der Waals surface area contributed by atoms with Gasteiger partial charge in [0.2, 0.25) is 0 Å². The molecule has 1 unspecified atom stereocenters. The van der Waals surface area contributed by atoms with Gasteiger partial charge in [-0.2, -0.15) is 0 Å². The molecule has 3 heterocycles. The number of ether oxygens (including phenoxy) is 1. The number of carboxylic acid groups (broad SMARTS) is 1. The van der Waals surface area contributed by atoms with Crippen LogP contribution in [0.5, 0.6) is 0 Å². The van der Waals surface area contributed by atoms with Crippen LogP contribution in [-0.4, -0.2) is 33.3 Å². The van der Waals surface area contributed by atoms with Crippen LogP contribution < -0.4 is 0 Å². The van der Waals surface area contributed by atoms with Crippen molar-refractivity contribution in [3.63, 3.8) is 0 Å². The number of thiophene rings is 1. The largest absolute Gasteiger partial charge is 0.477 e. The van der Waals surface area contributed by atoms with Crippen molar-refractivity contribution in [3.8, 4) is 0 Å². The average Bonchev–Trinajstić information content (AvgIpc) is 2.97. The van der Waals surface area contributed by atoms with Gasteiger partial charge in [-0.15, -0.1) is 11.3 Å². The third-order valence-corrected chi connectivity index (χ3v) is 3.97. The molecule has 0 spiro atoms. The van der Waals surface area contributed by atoms with E-state index in [9.17, 15) is 4.79 Å². The topological polar surface area (TPSA) is 64.3 Å². The van der Waals surface area contributed by atoms with E-state index in [4.69, 9.17) is 9.84 Å². The van der Waals surface area contributed by atoms with Gasteiger partial charge in [0.15, 0.2) is 0 Å². The highest BCUT2D eigenvalue weighted by molar-refractivity contribution is 7.20. The van der Waals surface area contributed by atoms with Crippen molar-refractivity contribution in [1.82, 2.24) is 9.55 Å². The van der Waals surface area contributed by atoms with E-state index in [2.05, 4.69) is 4.98 Å². The van der Waals surface area contributed by atoms with Crippen molar-refractivity contribution in [2.75, 3.05) is 6.61 Å². The van der Waals surface area contributed by atoms with Crippen LogP contribution in [-0.2, 0) is 11.3 Å². The highest BCUT2D eigenvalue weighted by Gasteiger charge is 2.18.